The van der Waals surface area contributed by atoms with E-state index >= 15 is 0 Å². The van der Waals surface area contributed by atoms with Crippen LogP contribution in [-0.2, 0) is 37.5 Å². The van der Waals surface area contributed by atoms with Gasteiger partial charge in [0.05, 0.1) is 23.1 Å². The van der Waals surface area contributed by atoms with Crippen LogP contribution in [0.15, 0.2) is 78.2 Å². The van der Waals surface area contributed by atoms with Crippen molar-refractivity contribution in [2.45, 2.75) is 96.4 Å². The summed E-state index contributed by atoms with van der Waals surface area (Å²) < 4.78 is 31.2. The van der Waals surface area contributed by atoms with Gasteiger partial charge in [-0.2, -0.15) is 8.42 Å². The minimum absolute atomic E-state index is 0.0336. The van der Waals surface area contributed by atoms with Gasteiger partial charge in [0.1, 0.15) is 6.54 Å². The Morgan fingerprint density at radius 3 is 2.24 bits per heavy atom. The van der Waals surface area contributed by atoms with Crippen LogP contribution in [-0.4, -0.2) is 57.0 Å². The van der Waals surface area contributed by atoms with Crippen LogP contribution in [0.3, 0.4) is 0 Å². The van der Waals surface area contributed by atoms with Crippen LogP contribution in [0, 0.1) is 30.6 Å². The maximum Gasteiger partial charge on any atom is 0.294 e. The second kappa shape index (κ2) is 20.6. The summed E-state index contributed by atoms with van der Waals surface area (Å²) in [5.74, 6) is -1.73. The molecule has 0 radical (unpaired) electrons. The smallest absolute Gasteiger partial charge is 0.294 e. The number of hydrazine groups is 1. The molecule has 0 spiro atoms. The Labute approximate surface area is 296 Å². The second-order valence-corrected chi connectivity index (χ2v) is 15.0. The third kappa shape index (κ3) is 14.0. The van der Waals surface area contributed by atoms with E-state index in [1.165, 1.54) is 49.2 Å². The molecule has 1 aliphatic rings. The summed E-state index contributed by atoms with van der Waals surface area (Å²) in [7, 11) is -4.02. The number of nitrogens with zero attached hydrogens (tertiary/aromatic N) is 3. The highest BCUT2D eigenvalue weighted by atomic mass is 32.2. The van der Waals surface area contributed by atoms with Crippen molar-refractivity contribution in [2.24, 2.45) is 23.7 Å². The molecule has 0 saturated heterocycles. The number of carbonyl (C=O) groups excluding carboxylic acids is 3. The van der Waals surface area contributed by atoms with Crippen LogP contribution >= 0.6 is 0 Å². The molecule has 0 aliphatic heterocycles. The van der Waals surface area contributed by atoms with E-state index < -0.39 is 27.9 Å². The van der Waals surface area contributed by atoms with Gasteiger partial charge in [-0.1, -0.05) is 107 Å². The summed E-state index contributed by atoms with van der Waals surface area (Å²) in [6, 6.07) is 15.8. The van der Waals surface area contributed by atoms with Gasteiger partial charge in [0.2, 0.25) is 11.8 Å². The number of hydrogen-bond donors (Lipinski definition) is 4. The molecule has 1 aromatic heterocycles. The molecule has 0 unspecified atom stereocenters. The van der Waals surface area contributed by atoms with Crippen molar-refractivity contribution in [1.29, 1.82) is 0 Å². The van der Waals surface area contributed by atoms with Crippen LogP contribution in [0.5, 0.6) is 0 Å². The highest BCUT2D eigenvalue weighted by molar-refractivity contribution is 7.85. The minimum Gasteiger partial charge on any atom is -0.328 e. The average Bonchev–Trinajstić information content (AvgIpc) is 3.61. The summed E-state index contributed by atoms with van der Waals surface area (Å²) in [6.07, 6.45) is 14.5. The molecule has 1 aliphatic carbocycles. The van der Waals surface area contributed by atoms with Gasteiger partial charge in [-0.15, -0.1) is 0 Å². The van der Waals surface area contributed by atoms with Gasteiger partial charge < -0.3 is 4.57 Å². The molecule has 4 rings (SSSR count). The van der Waals surface area contributed by atoms with Crippen LogP contribution < -0.4 is 10.9 Å². The molecule has 13 heteroatoms. The zero-order valence-corrected chi connectivity index (χ0v) is 30.2. The molecule has 50 heavy (non-hydrogen) atoms. The first kappa shape index (κ1) is 40.4. The summed E-state index contributed by atoms with van der Waals surface area (Å²) in [6.45, 7) is 6.18. The number of aromatic nitrogens is 2. The molecule has 1 saturated carbocycles. The summed E-state index contributed by atoms with van der Waals surface area (Å²) in [5, 5.41) is 10.9. The highest BCUT2D eigenvalue weighted by Crippen LogP contribution is 2.31. The van der Waals surface area contributed by atoms with Crippen molar-refractivity contribution >= 4 is 27.8 Å². The Bertz CT molecular complexity index is 1560. The summed E-state index contributed by atoms with van der Waals surface area (Å²) in [5.41, 5.74) is 6.66. The zero-order valence-electron chi connectivity index (χ0n) is 29.4. The molecule has 2 atom stereocenters. The maximum absolute atomic E-state index is 13.7. The standard InChI is InChI=1S/C30H45N5O4.C7H8O3S/c1-23(2)20-27(26(30(38)33-39)15-9-14-24-10-5-3-6-11-24)29(37)32-35(18-16-25-12-7-4-8-13-25)28(36)21-34-19-17-31-22-34;1-6-2-4-7(5-3-6)11(8,9)10/h4,7-8,12-13,17,19,22-24,26-27,39H,3,5-6,9-11,14-16,18,20-21H2,1-2H3,(H,32,37)(H,33,38);2-5H,1H3,(H,8,9,10)/t26-,27+;/m0./s1. The molecular weight excluding hydrogens is 659 g/mol. The molecular formula is C37H53N5O7S. The van der Waals surface area contributed by atoms with Crippen LogP contribution in [0.1, 0.15) is 82.8 Å². The second-order valence-electron chi connectivity index (χ2n) is 13.5. The molecule has 3 aromatic rings. The van der Waals surface area contributed by atoms with Crippen molar-refractivity contribution in [3.05, 3.63) is 84.4 Å². The Hall–Kier alpha value is -4.07. The van der Waals surface area contributed by atoms with Crippen molar-refractivity contribution in [2.75, 3.05) is 6.54 Å². The number of rotatable bonds is 15. The number of hydroxylamine groups is 1. The quantitative estimate of drug-likeness (QED) is 0.0876. The largest absolute Gasteiger partial charge is 0.328 e. The van der Waals surface area contributed by atoms with E-state index in [1.807, 2.05) is 51.1 Å². The van der Waals surface area contributed by atoms with Crippen LogP contribution in [0.2, 0.25) is 0 Å². The van der Waals surface area contributed by atoms with E-state index in [0.29, 0.717) is 25.2 Å². The maximum atomic E-state index is 13.7. The van der Waals surface area contributed by atoms with Crippen molar-refractivity contribution < 1.29 is 32.6 Å². The van der Waals surface area contributed by atoms with Crippen molar-refractivity contribution in [3.63, 3.8) is 0 Å². The molecule has 3 amide bonds. The number of hydrogen-bond acceptors (Lipinski definition) is 7. The van der Waals surface area contributed by atoms with Gasteiger partial charge in [-0.3, -0.25) is 34.6 Å². The first-order valence-corrected chi connectivity index (χ1v) is 18.9. The summed E-state index contributed by atoms with van der Waals surface area (Å²) in [4.78, 5) is 43.8. The van der Waals surface area contributed by atoms with E-state index in [1.54, 1.807) is 40.9 Å². The number of carbonyl (C=O) groups is 3. The Morgan fingerprint density at radius 2 is 1.66 bits per heavy atom. The fourth-order valence-electron chi connectivity index (χ4n) is 6.34. The van der Waals surface area contributed by atoms with E-state index in [-0.39, 0.29) is 35.7 Å². The van der Waals surface area contributed by atoms with E-state index in [4.69, 9.17) is 4.55 Å². The van der Waals surface area contributed by atoms with Gasteiger partial charge in [0.25, 0.3) is 16.0 Å². The molecule has 274 valence electrons. The minimum atomic E-state index is -4.02. The number of amides is 3. The van der Waals surface area contributed by atoms with Crippen molar-refractivity contribution in [3.8, 4) is 0 Å². The number of imidazole rings is 1. The molecule has 1 heterocycles. The fraction of sp³-hybridized carbons (Fsp3) is 0.514. The normalized spacial score (nSPS) is 14.6. The van der Waals surface area contributed by atoms with Gasteiger partial charge in [-0.25, -0.2) is 10.5 Å². The first-order chi connectivity index (χ1) is 23.9. The first-order valence-electron chi connectivity index (χ1n) is 17.5. The molecule has 12 nitrogen and oxygen atoms in total. The topological polar surface area (TPSA) is 171 Å². The van der Waals surface area contributed by atoms with Gasteiger partial charge in [0.15, 0.2) is 0 Å². The SMILES string of the molecule is CC(C)C[C@@H](C(=O)NN(CCc1ccccc1)C(=O)Cn1ccnc1)[C@H](CCCC1CCCCC1)C(=O)NO.Cc1ccc(S(=O)(=O)O)cc1. The number of benzene rings is 2. The van der Waals surface area contributed by atoms with E-state index in [0.717, 1.165) is 24.0 Å². The molecule has 0 bridgehead atoms. The van der Waals surface area contributed by atoms with E-state index in [2.05, 4.69) is 10.4 Å². The van der Waals surface area contributed by atoms with E-state index in [9.17, 15) is 28.0 Å². The van der Waals surface area contributed by atoms with Crippen molar-refractivity contribution in [1.82, 2.24) is 25.5 Å². The van der Waals surface area contributed by atoms with Gasteiger partial charge in [-0.05, 0) is 55.7 Å². The molecule has 1 fully saturated rings. The lowest BCUT2D eigenvalue weighted by Gasteiger charge is -2.30. The fourth-order valence-corrected chi connectivity index (χ4v) is 6.82. The predicted molar refractivity (Wildman–Crippen MR) is 190 cm³/mol. The average molecular weight is 712 g/mol. The Morgan fingerprint density at radius 1 is 0.980 bits per heavy atom. The molecule has 4 N–H and O–H groups in total. The van der Waals surface area contributed by atoms with Gasteiger partial charge in [0, 0.05) is 18.9 Å². The zero-order chi connectivity index (χ0) is 36.5. The van der Waals surface area contributed by atoms with Crippen LogP contribution in [0.4, 0.5) is 0 Å². The van der Waals surface area contributed by atoms with Gasteiger partial charge >= 0.3 is 0 Å². The lowest BCUT2D eigenvalue weighted by atomic mass is 9.79. The monoisotopic (exact) mass is 711 g/mol. The lowest BCUT2D eigenvalue weighted by Crippen LogP contribution is -2.52. The number of nitrogens with one attached hydrogen (secondary N) is 2. The highest BCUT2D eigenvalue weighted by Gasteiger charge is 2.35. The number of aryl methyl sites for hydroxylation is 1. The Kier molecular flexibility index (Phi) is 16.6. The predicted octanol–water partition coefficient (Wildman–Crippen LogP) is 5.76. The molecule has 2 aromatic carbocycles. The lowest BCUT2D eigenvalue weighted by molar-refractivity contribution is -0.148. The summed E-state index contributed by atoms with van der Waals surface area (Å²) >= 11 is 0. The Balaban J connectivity index is 0.000000521. The third-order valence-electron chi connectivity index (χ3n) is 9.06. The third-order valence-corrected chi connectivity index (χ3v) is 9.92. The van der Waals surface area contributed by atoms with Crippen LogP contribution in [0.25, 0.3) is 0 Å².